The largest absolute Gasteiger partial charge is 0.291 e. The van der Waals surface area contributed by atoms with Gasteiger partial charge in [-0.25, -0.2) is 15.4 Å². The number of hydrogen-bond donors (Lipinski definition) is 1. The van der Waals surface area contributed by atoms with Crippen molar-refractivity contribution in [3.05, 3.63) is 42.6 Å². The maximum Gasteiger partial charge on any atom is 0.276 e. The molecule has 0 aliphatic heterocycles. The predicted octanol–water partition coefficient (Wildman–Crippen LogP) is 0.949. The number of imidazole rings is 1. The highest BCUT2D eigenvalue weighted by molar-refractivity contribution is 5.93. The van der Waals surface area contributed by atoms with E-state index in [9.17, 15) is 4.79 Å². The van der Waals surface area contributed by atoms with Crippen LogP contribution in [-0.4, -0.2) is 27.0 Å². The van der Waals surface area contributed by atoms with Gasteiger partial charge in [0.25, 0.3) is 5.91 Å². The number of nitrogens with zero attached hydrogens (tertiary/aromatic N) is 3. The van der Waals surface area contributed by atoms with Crippen molar-refractivity contribution in [1.29, 1.82) is 0 Å². The second-order valence-corrected chi connectivity index (χ2v) is 3.24. The molecular weight excluding hydrogens is 220 g/mol. The van der Waals surface area contributed by atoms with E-state index in [1.807, 2.05) is 0 Å². The lowest BCUT2D eigenvalue weighted by molar-refractivity contribution is 0.0364. The normalized spacial score (nSPS) is 10.2. The molecule has 0 fully saturated rings. The van der Waals surface area contributed by atoms with Crippen molar-refractivity contribution < 1.29 is 9.63 Å². The second kappa shape index (κ2) is 5.22. The standard InChI is InChI=1S/C11H12N4O2/c1-2-17-14-11(16)9-3-4-10(13-7-9)15-6-5-12-8-15/h3-8H,2H2,1H3,(H,14,16). The third-order valence-corrected chi connectivity index (χ3v) is 2.09. The molecule has 0 atom stereocenters. The molecule has 2 aromatic heterocycles. The first-order valence-electron chi connectivity index (χ1n) is 5.17. The number of aromatic nitrogens is 3. The summed E-state index contributed by atoms with van der Waals surface area (Å²) in [4.78, 5) is 24.4. The minimum atomic E-state index is -0.309. The van der Waals surface area contributed by atoms with Crippen LogP contribution >= 0.6 is 0 Å². The SMILES string of the molecule is CCONC(=O)c1ccc(-n2ccnc2)nc1. The monoisotopic (exact) mass is 232 g/mol. The van der Waals surface area contributed by atoms with Crippen LogP contribution in [0.2, 0.25) is 0 Å². The minimum Gasteiger partial charge on any atom is -0.291 e. The van der Waals surface area contributed by atoms with E-state index >= 15 is 0 Å². The molecular formula is C11H12N4O2. The van der Waals surface area contributed by atoms with E-state index in [0.29, 0.717) is 18.0 Å². The minimum absolute atomic E-state index is 0.309. The highest BCUT2D eigenvalue weighted by Gasteiger charge is 2.05. The van der Waals surface area contributed by atoms with Gasteiger partial charge in [0.15, 0.2) is 0 Å². The molecule has 0 aromatic carbocycles. The van der Waals surface area contributed by atoms with Gasteiger partial charge in [0.1, 0.15) is 12.1 Å². The molecule has 0 bridgehead atoms. The summed E-state index contributed by atoms with van der Waals surface area (Å²) < 4.78 is 1.75. The van der Waals surface area contributed by atoms with Crippen molar-refractivity contribution in [3.8, 4) is 5.82 Å². The van der Waals surface area contributed by atoms with Gasteiger partial charge in [-0.3, -0.25) is 14.2 Å². The zero-order valence-electron chi connectivity index (χ0n) is 9.33. The van der Waals surface area contributed by atoms with Gasteiger partial charge < -0.3 is 0 Å². The smallest absolute Gasteiger partial charge is 0.276 e. The average Bonchev–Trinajstić information content (AvgIpc) is 2.90. The van der Waals surface area contributed by atoms with E-state index in [1.165, 1.54) is 6.20 Å². The molecule has 1 N–H and O–H groups in total. The molecule has 6 heteroatoms. The molecule has 2 rings (SSSR count). The first-order valence-corrected chi connectivity index (χ1v) is 5.17. The van der Waals surface area contributed by atoms with Crippen LogP contribution < -0.4 is 5.48 Å². The van der Waals surface area contributed by atoms with Crippen molar-refractivity contribution >= 4 is 5.91 Å². The molecule has 0 spiro atoms. The highest BCUT2D eigenvalue weighted by atomic mass is 16.6. The molecule has 0 radical (unpaired) electrons. The zero-order chi connectivity index (χ0) is 12.1. The van der Waals surface area contributed by atoms with Crippen molar-refractivity contribution in [1.82, 2.24) is 20.0 Å². The van der Waals surface area contributed by atoms with Crippen LogP contribution in [0.3, 0.4) is 0 Å². The van der Waals surface area contributed by atoms with Crippen molar-refractivity contribution in [2.75, 3.05) is 6.61 Å². The van der Waals surface area contributed by atoms with Gasteiger partial charge in [0, 0.05) is 18.6 Å². The Morgan fingerprint density at radius 2 is 2.41 bits per heavy atom. The van der Waals surface area contributed by atoms with Crippen molar-refractivity contribution in [3.63, 3.8) is 0 Å². The molecule has 0 saturated carbocycles. The summed E-state index contributed by atoms with van der Waals surface area (Å²) in [6.45, 7) is 2.22. The van der Waals surface area contributed by atoms with E-state index in [2.05, 4.69) is 15.4 Å². The summed E-state index contributed by atoms with van der Waals surface area (Å²) in [5.41, 5.74) is 2.75. The molecule has 17 heavy (non-hydrogen) atoms. The summed E-state index contributed by atoms with van der Waals surface area (Å²) in [6, 6.07) is 3.42. The number of nitrogens with one attached hydrogen (secondary N) is 1. The molecule has 6 nitrogen and oxygen atoms in total. The number of amides is 1. The number of carbonyl (C=O) groups is 1. The van der Waals surface area contributed by atoms with Gasteiger partial charge in [-0.1, -0.05) is 0 Å². The van der Waals surface area contributed by atoms with Crippen LogP contribution in [0.15, 0.2) is 37.1 Å². The number of rotatable bonds is 4. The molecule has 0 saturated heterocycles. The van der Waals surface area contributed by atoms with Gasteiger partial charge in [0.05, 0.1) is 12.2 Å². The van der Waals surface area contributed by atoms with Crippen molar-refractivity contribution in [2.45, 2.75) is 6.92 Å². The fraction of sp³-hybridized carbons (Fsp3) is 0.182. The van der Waals surface area contributed by atoms with Crippen molar-refractivity contribution in [2.24, 2.45) is 0 Å². The predicted molar refractivity (Wildman–Crippen MR) is 60.5 cm³/mol. The van der Waals surface area contributed by atoms with Gasteiger partial charge in [-0.05, 0) is 19.1 Å². The Labute approximate surface area is 98.2 Å². The Morgan fingerprint density at radius 3 is 3.00 bits per heavy atom. The quantitative estimate of drug-likeness (QED) is 0.797. The topological polar surface area (TPSA) is 69.0 Å². The Morgan fingerprint density at radius 1 is 1.53 bits per heavy atom. The van der Waals surface area contributed by atoms with Crippen LogP contribution in [0.4, 0.5) is 0 Å². The zero-order valence-corrected chi connectivity index (χ0v) is 9.33. The molecule has 0 unspecified atom stereocenters. The Kier molecular flexibility index (Phi) is 3.46. The first kappa shape index (κ1) is 11.3. The van der Waals surface area contributed by atoms with Crippen LogP contribution in [0.1, 0.15) is 17.3 Å². The van der Waals surface area contributed by atoms with E-state index < -0.39 is 0 Å². The van der Waals surface area contributed by atoms with Crippen LogP contribution in [-0.2, 0) is 4.84 Å². The van der Waals surface area contributed by atoms with E-state index in [-0.39, 0.29) is 5.91 Å². The molecule has 0 aliphatic rings. The molecule has 88 valence electrons. The lowest BCUT2D eigenvalue weighted by Crippen LogP contribution is -2.23. The summed E-state index contributed by atoms with van der Waals surface area (Å²) in [5.74, 6) is 0.395. The molecule has 2 aromatic rings. The van der Waals surface area contributed by atoms with Gasteiger partial charge >= 0.3 is 0 Å². The number of hydrogen-bond acceptors (Lipinski definition) is 4. The third kappa shape index (κ3) is 2.67. The van der Waals surface area contributed by atoms with E-state index in [1.54, 1.807) is 42.3 Å². The van der Waals surface area contributed by atoms with Crippen LogP contribution in [0, 0.1) is 0 Å². The Bertz CT molecular complexity index is 479. The highest BCUT2D eigenvalue weighted by Crippen LogP contribution is 2.05. The van der Waals surface area contributed by atoms with E-state index in [0.717, 1.165) is 0 Å². The first-order chi connectivity index (χ1) is 8.31. The third-order valence-electron chi connectivity index (χ3n) is 2.09. The molecule has 0 aliphatic carbocycles. The number of carbonyl (C=O) groups excluding carboxylic acids is 1. The number of hydroxylamine groups is 1. The summed E-state index contributed by atoms with van der Waals surface area (Å²) in [6.07, 6.45) is 6.58. The lowest BCUT2D eigenvalue weighted by atomic mass is 10.3. The average molecular weight is 232 g/mol. The van der Waals surface area contributed by atoms with Gasteiger partial charge in [-0.2, -0.15) is 0 Å². The number of pyridine rings is 1. The Balaban J connectivity index is 2.10. The summed E-state index contributed by atoms with van der Waals surface area (Å²) in [7, 11) is 0. The van der Waals surface area contributed by atoms with Gasteiger partial charge in [0.2, 0.25) is 0 Å². The molecule has 2 heterocycles. The van der Waals surface area contributed by atoms with Crippen LogP contribution in [0.5, 0.6) is 0 Å². The van der Waals surface area contributed by atoms with Gasteiger partial charge in [-0.15, -0.1) is 0 Å². The fourth-order valence-corrected chi connectivity index (χ4v) is 1.26. The summed E-state index contributed by atoms with van der Waals surface area (Å²) >= 11 is 0. The fourth-order valence-electron chi connectivity index (χ4n) is 1.26. The Hall–Kier alpha value is -2.21. The van der Waals surface area contributed by atoms with Crippen LogP contribution in [0.25, 0.3) is 5.82 Å². The maximum atomic E-state index is 11.5. The molecule has 1 amide bonds. The second-order valence-electron chi connectivity index (χ2n) is 3.24. The lowest BCUT2D eigenvalue weighted by Gasteiger charge is -2.04. The van der Waals surface area contributed by atoms with E-state index in [4.69, 9.17) is 4.84 Å². The summed E-state index contributed by atoms with van der Waals surface area (Å²) in [5, 5.41) is 0. The maximum absolute atomic E-state index is 11.5.